The van der Waals surface area contributed by atoms with E-state index in [1.807, 2.05) is 0 Å². The van der Waals surface area contributed by atoms with Crippen molar-refractivity contribution in [1.82, 2.24) is 15.1 Å². The number of nitrogens with one attached hydrogen (secondary N) is 2. The van der Waals surface area contributed by atoms with Crippen molar-refractivity contribution in [1.29, 1.82) is 0 Å². The van der Waals surface area contributed by atoms with Gasteiger partial charge in [-0.05, 0) is 36.8 Å². The Morgan fingerprint density at radius 3 is 2.72 bits per heavy atom. The third kappa shape index (κ3) is 3.63. The maximum atomic E-state index is 12.9. The zero-order valence-electron chi connectivity index (χ0n) is 14.6. The molecule has 0 spiro atoms. The third-order valence-corrected chi connectivity index (χ3v) is 5.33. The van der Waals surface area contributed by atoms with Gasteiger partial charge in [0, 0.05) is 16.6 Å². The number of hydrogen-bond acceptors (Lipinski definition) is 6. The number of halogens is 3. The van der Waals surface area contributed by atoms with Crippen LogP contribution in [0.3, 0.4) is 0 Å². The van der Waals surface area contributed by atoms with Crippen molar-refractivity contribution < 1.29 is 22.5 Å². The van der Waals surface area contributed by atoms with Crippen molar-refractivity contribution in [2.24, 2.45) is 0 Å². The molecule has 0 saturated heterocycles. The number of aromatic nitrogens is 3. The molecule has 29 heavy (non-hydrogen) atoms. The SMILES string of the molecule is Cc1c(C(=O)Nc2cccc(-c3noc(=O)[nH]3)c2)sc2nc(C(F)(F)F)ccc12. The van der Waals surface area contributed by atoms with Crippen LogP contribution in [0.1, 0.15) is 20.9 Å². The van der Waals surface area contributed by atoms with E-state index in [9.17, 15) is 22.8 Å². The molecule has 148 valence electrons. The number of carbonyl (C=O) groups excluding carboxylic acids is 1. The maximum absolute atomic E-state index is 12.9. The van der Waals surface area contributed by atoms with Crippen LogP contribution in [0.25, 0.3) is 21.6 Å². The van der Waals surface area contributed by atoms with Crippen LogP contribution in [0, 0.1) is 6.92 Å². The first-order valence-corrected chi connectivity index (χ1v) is 8.99. The van der Waals surface area contributed by atoms with E-state index < -0.39 is 23.5 Å². The number of pyridine rings is 1. The smallest absolute Gasteiger partial charge is 0.321 e. The molecule has 4 aromatic rings. The van der Waals surface area contributed by atoms with Crippen molar-refractivity contribution in [3.63, 3.8) is 0 Å². The third-order valence-electron chi connectivity index (χ3n) is 4.13. The predicted octanol–water partition coefficient (Wildman–Crippen LogP) is 4.22. The topological polar surface area (TPSA) is 101 Å². The molecular weight excluding hydrogens is 409 g/mol. The summed E-state index contributed by atoms with van der Waals surface area (Å²) in [7, 11) is 0. The van der Waals surface area contributed by atoms with E-state index >= 15 is 0 Å². The van der Waals surface area contributed by atoms with Gasteiger partial charge in [-0.3, -0.25) is 14.3 Å². The van der Waals surface area contributed by atoms with Gasteiger partial charge >= 0.3 is 11.9 Å². The van der Waals surface area contributed by atoms with E-state index in [1.54, 1.807) is 31.2 Å². The number of amides is 1. The zero-order chi connectivity index (χ0) is 20.8. The molecule has 0 radical (unpaired) electrons. The normalized spacial score (nSPS) is 11.7. The van der Waals surface area contributed by atoms with Gasteiger partial charge in [0.05, 0.1) is 4.88 Å². The number of H-pyrrole nitrogens is 1. The number of anilines is 1. The van der Waals surface area contributed by atoms with Gasteiger partial charge in [0.15, 0.2) is 5.82 Å². The molecule has 0 saturated carbocycles. The van der Waals surface area contributed by atoms with E-state index in [-0.39, 0.29) is 15.5 Å². The highest BCUT2D eigenvalue weighted by molar-refractivity contribution is 7.20. The minimum Gasteiger partial charge on any atom is -0.321 e. The molecule has 7 nitrogen and oxygen atoms in total. The molecule has 0 unspecified atom stereocenters. The Morgan fingerprint density at radius 1 is 1.24 bits per heavy atom. The van der Waals surface area contributed by atoms with Gasteiger partial charge < -0.3 is 5.32 Å². The highest BCUT2D eigenvalue weighted by Gasteiger charge is 2.33. The van der Waals surface area contributed by atoms with Gasteiger partial charge in [-0.25, -0.2) is 9.78 Å². The van der Waals surface area contributed by atoms with Crippen LogP contribution in [-0.2, 0) is 6.18 Å². The molecule has 0 aliphatic heterocycles. The lowest BCUT2D eigenvalue weighted by atomic mass is 10.1. The van der Waals surface area contributed by atoms with Crippen molar-refractivity contribution in [3.05, 3.63) is 63.1 Å². The summed E-state index contributed by atoms with van der Waals surface area (Å²) >= 11 is 0.887. The maximum Gasteiger partial charge on any atom is 0.439 e. The minimum atomic E-state index is -4.56. The van der Waals surface area contributed by atoms with Gasteiger partial charge in [0.2, 0.25) is 0 Å². The molecule has 1 amide bonds. The standard InChI is InChI=1S/C18H11F3N4O3S/c1-8-11-5-6-12(18(19,20)21)23-16(11)29-13(8)15(26)22-10-4-2-3-9(7-10)14-24-17(27)28-25-14/h2-7H,1H3,(H,22,26)(H,24,25,27). The first-order chi connectivity index (χ1) is 13.7. The number of carbonyl (C=O) groups is 1. The molecule has 2 N–H and O–H groups in total. The van der Waals surface area contributed by atoms with Crippen molar-refractivity contribution in [3.8, 4) is 11.4 Å². The number of aromatic amines is 1. The Kier molecular flexibility index (Phi) is 4.46. The lowest BCUT2D eigenvalue weighted by molar-refractivity contribution is -0.140. The molecule has 11 heteroatoms. The lowest BCUT2D eigenvalue weighted by Gasteiger charge is -2.06. The number of benzene rings is 1. The molecule has 1 aromatic carbocycles. The fourth-order valence-corrected chi connectivity index (χ4v) is 3.84. The Morgan fingerprint density at radius 2 is 2.03 bits per heavy atom. The van der Waals surface area contributed by atoms with Crippen LogP contribution < -0.4 is 11.1 Å². The fourth-order valence-electron chi connectivity index (χ4n) is 2.76. The monoisotopic (exact) mass is 420 g/mol. The van der Waals surface area contributed by atoms with Gasteiger partial charge in [0.25, 0.3) is 5.91 Å². The Hall–Kier alpha value is -3.47. The Labute approximate surface area is 164 Å². The van der Waals surface area contributed by atoms with Gasteiger partial charge in [-0.1, -0.05) is 17.3 Å². The summed E-state index contributed by atoms with van der Waals surface area (Å²) in [4.78, 5) is 30.2. The Balaban J connectivity index is 1.64. The summed E-state index contributed by atoms with van der Waals surface area (Å²) in [5.41, 5.74) is 0.462. The van der Waals surface area contributed by atoms with E-state index in [2.05, 4.69) is 25.0 Å². The molecule has 4 rings (SSSR count). The van der Waals surface area contributed by atoms with Gasteiger partial charge in [0.1, 0.15) is 10.5 Å². The van der Waals surface area contributed by atoms with Crippen molar-refractivity contribution in [2.45, 2.75) is 13.1 Å². The summed E-state index contributed by atoms with van der Waals surface area (Å²) in [5, 5.41) is 6.76. The first-order valence-electron chi connectivity index (χ1n) is 8.17. The van der Waals surface area contributed by atoms with Crippen LogP contribution >= 0.6 is 11.3 Å². The molecule has 0 fully saturated rings. The second-order valence-electron chi connectivity index (χ2n) is 6.08. The highest BCUT2D eigenvalue weighted by Crippen LogP contribution is 2.34. The van der Waals surface area contributed by atoms with Gasteiger partial charge in [-0.15, -0.1) is 11.3 Å². The summed E-state index contributed by atoms with van der Waals surface area (Å²) in [6.07, 6.45) is -4.56. The first kappa shape index (κ1) is 18.9. The second kappa shape index (κ2) is 6.85. The number of hydrogen-bond donors (Lipinski definition) is 2. The van der Waals surface area contributed by atoms with Crippen LogP contribution in [0.4, 0.5) is 18.9 Å². The van der Waals surface area contributed by atoms with Crippen LogP contribution in [0.15, 0.2) is 45.7 Å². The molecule has 3 heterocycles. The molecule has 0 atom stereocenters. The molecule has 0 aliphatic rings. The summed E-state index contributed by atoms with van der Waals surface area (Å²) in [5.74, 6) is -0.987. The number of alkyl halides is 3. The molecule has 0 bridgehead atoms. The highest BCUT2D eigenvalue weighted by atomic mass is 32.1. The summed E-state index contributed by atoms with van der Waals surface area (Å²) < 4.78 is 43.1. The van der Waals surface area contributed by atoms with E-state index in [1.165, 1.54) is 6.07 Å². The minimum absolute atomic E-state index is 0.136. The fraction of sp³-hybridized carbons (Fsp3) is 0.111. The molecule has 3 aromatic heterocycles. The largest absolute Gasteiger partial charge is 0.439 e. The van der Waals surface area contributed by atoms with Crippen LogP contribution in [0.2, 0.25) is 0 Å². The van der Waals surface area contributed by atoms with Crippen molar-refractivity contribution in [2.75, 3.05) is 5.32 Å². The number of thiophene rings is 1. The second-order valence-corrected chi connectivity index (χ2v) is 7.08. The average molecular weight is 420 g/mol. The number of nitrogens with zero attached hydrogens (tertiary/aromatic N) is 2. The van der Waals surface area contributed by atoms with Crippen molar-refractivity contribution >= 4 is 33.1 Å². The average Bonchev–Trinajstić information content (AvgIpc) is 3.25. The van der Waals surface area contributed by atoms with Gasteiger partial charge in [-0.2, -0.15) is 13.2 Å². The van der Waals surface area contributed by atoms with E-state index in [0.29, 0.717) is 22.2 Å². The molecular formula is C18H11F3N4O3S. The zero-order valence-corrected chi connectivity index (χ0v) is 15.4. The van der Waals surface area contributed by atoms with E-state index in [0.717, 1.165) is 17.4 Å². The predicted molar refractivity (Wildman–Crippen MR) is 99.9 cm³/mol. The van der Waals surface area contributed by atoms with Crippen LogP contribution in [-0.4, -0.2) is 21.0 Å². The summed E-state index contributed by atoms with van der Waals surface area (Å²) in [6, 6.07) is 8.72. The summed E-state index contributed by atoms with van der Waals surface area (Å²) in [6.45, 7) is 1.65. The number of aryl methyl sites for hydroxylation is 1. The van der Waals surface area contributed by atoms with Crippen LogP contribution in [0.5, 0.6) is 0 Å². The Bertz CT molecular complexity index is 1290. The lowest BCUT2D eigenvalue weighted by Crippen LogP contribution is -2.11. The number of fused-ring (bicyclic) bond motifs is 1. The quantitative estimate of drug-likeness (QED) is 0.517. The molecule has 0 aliphatic carbocycles. The van der Waals surface area contributed by atoms with E-state index in [4.69, 9.17) is 0 Å². The number of rotatable bonds is 3.